The van der Waals surface area contributed by atoms with Gasteiger partial charge in [-0.05, 0) is 38.7 Å². The molecular weight excluding hydrogens is 198 g/mol. The number of hydrogen-bond donors (Lipinski definition) is 1. The van der Waals surface area contributed by atoms with Crippen LogP contribution in [0, 0.1) is 6.92 Å². The van der Waals surface area contributed by atoms with Gasteiger partial charge in [0.05, 0.1) is 0 Å². The third kappa shape index (κ3) is 2.50. The second-order valence-corrected chi connectivity index (χ2v) is 5.14. The van der Waals surface area contributed by atoms with E-state index in [0.29, 0.717) is 0 Å². The van der Waals surface area contributed by atoms with Crippen molar-refractivity contribution in [1.29, 1.82) is 0 Å². The number of Topliss-reactive ketones (excluding diaryl/α,β-unsaturated/α-hetero) is 1. The standard InChI is InChI=1S/C14H19NO/c1-10-3-5-12(6-4-10)13(11(2)16)9-14(15)7-8-14/h3-6,13H,7-9,15H2,1-2H3. The number of hydrogen-bond acceptors (Lipinski definition) is 2. The van der Waals surface area contributed by atoms with Gasteiger partial charge in [-0.1, -0.05) is 29.8 Å². The van der Waals surface area contributed by atoms with Crippen LogP contribution in [0.2, 0.25) is 0 Å². The van der Waals surface area contributed by atoms with E-state index >= 15 is 0 Å². The van der Waals surface area contributed by atoms with Crippen LogP contribution in [0.5, 0.6) is 0 Å². The second-order valence-electron chi connectivity index (χ2n) is 5.14. The van der Waals surface area contributed by atoms with Crippen LogP contribution in [0.3, 0.4) is 0 Å². The second kappa shape index (κ2) is 4.02. The van der Waals surface area contributed by atoms with Crippen molar-refractivity contribution < 1.29 is 4.79 Å². The van der Waals surface area contributed by atoms with E-state index in [4.69, 9.17) is 5.73 Å². The van der Waals surface area contributed by atoms with Crippen molar-refractivity contribution >= 4 is 5.78 Å². The van der Waals surface area contributed by atoms with Crippen LogP contribution in [-0.2, 0) is 4.79 Å². The molecule has 2 rings (SSSR count). The van der Waals surface area contributed by atoms with E-state index < -0.39 is 0 Å². The molecule has 1 saturated carbocycles. The van der Waals surface area contributed by atoms with Crippen LogP contribution in [0.4, 0.5) is 0 Å². The minimum absolute atomic E-state index is 0.0203. The lowest BCUT2D eigenvalue weighted by Gasteiger charge is -2.18. The Bertz CT molecular complexity index is 390. The maximum atomic E-state index is 11.7. The quantitative estimate of drug-likeness (QED) is 0.842. The number of aryl methyl sites for hydroxylation is 1. The van der Waals surface area contributed by atoms with E-state index in [1.165, 1.54) is 5.56 Å². The van der Waals surface area contributed by atoms with Gasteiger partial charge < -0.3 is 5.73 Å². The molecule has 0 heterocycles. The number of nitrogens with two attached hydrogens (primary N) is 1. The van der Waals surface area contributed by atoms with E-state index in [-0.39, 0.29) is 17.2 Å². The molecule has 2 heteroatoms. The lowest BCUT2D eigenvalue weighted by molar-refractivity contribution is -0.118. The Balaban J connectivity index is 2.18. The molecule has 2 N–H and O–H groups in total. The van der Waals surface area contributed by atoms with Crippen LogP contribution in [0.25, 0.3) is 0 Å². The molecule has 2 nitrogen and oxygen atoms in total. The van der Waals surface area contributed by atoms with Crippen LogP contribution in [0.1, 0.15) is 43.2 Å². The number of rotatable bonds is 4. The van der Waals surface area contributed by atoms with Crippen molar-refractivity contribution in [2.24, 2.45) is 5.73 Å². The molecule has 1 unspecified atom stereocenters. The number of benzene rings is 1. The number of carbonyl (C=O) groups is 1. The SMILES string of the molecule is CC(=O)C(CC1(N)CC1)c1ccc(C)cc1. The molecule has 0 aromatic heterocycles. The molecule has 0 aliphatic heterocycles. The predicted molar refractivity (Wildman–Crippen MR) is 65.4 cm³/mol. The lowest BCUT2D eigenvalue weighted by Crippen LogP contribution is -2.27. The van der Waals surface area contributed by atoms with E-state index in [1.54, 1.807) is 6.92 Å². The summed E-state index contributed by atoms with van der Waals surface area (Å²) >= 11 is 0. The largest absolute Gasteiger partial charge is 0.325 e. The predicted octanol–water partition coefficient (Wildman–Crippen LogP) is 2.55. The zero-order valence-corrected chi connectivity index (χ0v) is 9.99. The van der Waals surface area contributed by atoms with Crippen molar-refractivity contribution in [2.75, 3.05) is 0 Å². The first-order chi connectivity index (χ1) is 7.50. The third-order valence-electron chi connectivity index (χ3n) is 3.47. The van der Waals surface area contributed by atoms with E-state index in [0.717, 1.165) is 24.8 Å². The zero-order valence-electron chi connectivity index (χ0n) is 9.99. The van der Waals surface area contributed by atoms with Crippen molar-refractivity contribution in [3.63, 3.8) is 0 Å². The summed E-state index contributed by atoms with van der Waals surface area (Å²) in [6.07, 6.45) is 2.91. The Kier molecular flexibility index (Phi) is 2.85. The maximum absolute atomic E-state index is 11.7. The summed E-state index contributed by atoms with van der Waals surface area (Å²) in [6, 6.07) is 8.21. The fourth-order valence-electron chi connectivity index (χ4n) is 2.07. The molecule has 1 atom stereocenters. The van der Waals surface area contributed by atoms with E-state index in [9.17, 15) is 4.79 Å². The van der Waals surface area contributed by atoms with Gasteiger partial charge in [0.2, 0.25) is 0 Å². The minimum Gasteiger partial charge on any atom is -0.325 e. The van der Waals surface area contributed by atoms with Crippen molar-refractivity contribution in [3.8, 4) is 0 Å². The highest BCUT2D eigenvalue weighted by Gasteiger charge is 2.41. The van der Waals surface area contributed by atoms with Crippen LogP contribution < -0.4 is 5.73 Å². The molecule has 0 spiro atoms. The minimum atomic E-state index is -0.0682. The van der Waals surface area contributed by atoms with Gasteiger partial charge in [0.25, 0.3) is 0 Å². The fourth-order valence-corrected chi connectivity index (χ4v) is 2.07. The molecule has 0 bridgehead atoms. The smallest absolute Gasteiger partial charge is 0.137 e. The van der Waals surface area contributed by atoms with Crippen LogP contribution >= 0.6 is 0 Å². The monoisotopic (exact) mass is 217 g/mol. The normalized spacial score (nSPS) is 19.2. The molecule has 16 heavy (non-hydrogen) atoms. The summed E-state index contributed by atoms with van der Waals surface area (Å²) in [6.45, 7) is 3.72. The third-order valence-corrected chi connectivity index (χ3v) is 3.47. The maximum Gasteiger partial charge on any atom is 0.137 e. The van der Waals surface area contributed by atoms with Crippen molar-refractivity contribution in [1.82, 2.24) is 0 Å². The summed E-state index contributed by atoms with van der Waals surface area (Å²) in [5, 5.41) is 0. The fraction of sp³-hybridized carbons (Fsp3) is 0.500. The van der Waals surface area contributed by atoms with Gasteiger partial charge >= 0.3 is 0 Å². The van der Waals surface area contributed by atoms with Gasteiger partial charge in [-0.2, -0.15) is 0 Å². The van der Waals surface area contributed by atoms with E-state index in [1.807, 2.05) is 12.1 Å². The van der Waals surface area contributed by atoms with Gasteiger partial charge in [0.15, 0.2) is 0 Å². The molecule has 0 saturated heterocycles. The number of ketones is 1. The molecule has 1 aromatic rings. The first kappa shape index (κ1) is 11.3. The summed E-state index contributed by atoms with van der Waals surface area (Å²) in [5.41, 5.74) is 8.36. The van der Waals surface area contributed by atoms with Gasteiger partial charge in [0, 0.05) is 11.5 Å². The summed E-state index contributed by atoms with van der Waals surface area (Å²) in [7, 11) is 0. The highest BCUT2D eigenvalue weighted by Crippen LogP contribution is 2.41. The van der Waals surface area contributed by atoms with Crippen LogP contribution in [0.15, 0.2) is 24.3 Å². The number of carbonyl (C=O) groups excluding carboxylic acids is 1. The molecular formula is C14H19NO. The van der Waals surface area contributed by atoms with Gasteiger partial charge in [-0.3, -0.25) is 4.79 Å². The molecule has 86 valence electrons. The lowest BCUT2D eigenvalue weighted by atomic mass is 9.88. The van der Waals surface area contributed by atoms with Gasteiger partial charge in [-0.15, -0.1) is 0 Å². The topological polar surface area (TPSA) is 43.1 Å². The molecule has 0 radical (unpaired) electrons. The summed E-state index contributed by atoms with van der Waals surface area (Å²) in [4.78, 5) is 11.7. The molecule has 0 amide bonds. The van der Waals surface area contributed by atoms with Crippen LogP contribution in [-0.4, -0.2) is 11.3 Å². The van der Waals surface area contributed by atoms with Crippen molar-refractivity contribution in [3.05, 3.63) is 35.4 Å². The highest BCUT2D eigenvalue weighted by atomic mass is 16.1. The zero-order chi connectivity index (χ0) is 11.8. The first-order valence-electron chi connectivity index (χ1n) is 5.86. The Morgan fingerprint density at radius 2 is 1.94 bits per heavy atom. The Labute approximate surface area is 96.8 Å². The summed E-state index contributed by atoms with van der Waals surface area (Å²) < 4.78 is 0. The molecule has 1 fully saturated rings. The Hall–Kier alpha value is -1.15. The average Bonchev–Trinajstić information content (AvgIpc) is 2.95. The Morgan fingerprint density at radius 1 is 1.38 bits per heavy atom. The first-order valence-corrected chi connectivity index (χ1v) is 5.86. The molecule has 1 aromatic carbocycles. The molecule has 1 aliphatic carbocycles. The van der Waals surface area contributed by atoms with E-state index in [2.05, 4.69) is 19.1 Å². The Morgan fingerprint density at radius 3 is 2.38 bits per heavy atom. The van der Waals surface area contributed by atoms with Gasteiger partial charge in [-0.25, -0.2) is 0 Å². The van der Waals surface area contributed by atoms with Gasteiger partial charge in [0.1, 0.15) is 5.78 Å². The highest BCUT2D eigenvalue weighted by molar-refractivity contribution is 5.83. The molecule has 1 aliphatic rings. The average molecular weight is 217 g/mol. The van der Waals surface area contributed by atoms with Crippen molar-refractivity contribution in [2.45, 2.75) is 44.6 Å². The summed E-state index contributed by atoms with van der Waals surface area (Å²) in [5.74, 6) is 0.202.